The van der Waals surface area contributed by atoms with Crippen LogP contribution >= 0.6 is 0 Å². The smallest absolute Gasteiger partial charge is 0.222 e. The SMILES string of the molecule is COc1nccc2[nH]cc(CCN)c12. The van der Waals surface area contributed by atoms with Gasteiger partial charge in [0, 0.05) is 12.4 Å². The molecular formula is C10H13N3O. The molecule has 74 valence electrons. The first-order chi connectivity index (χ1) is 6.86. The molecule has 4 heteroatoms. The fourth-order valence-electron chi connectivity index (χ4n) is 1.62. The van der Waals surface area contributed by atoms with Gasteiger partial charge in [0.1, 0.15) is 0 Å². The van der Waals surface area contributed by atoms with Gasteiger partial charge in [0.25, 0.3) is 0 Å². The second-order valence-corrected chi connectivity index (χ2v) is 3.10. The van der Waals surface area contributed by atoms with Gasteiger partial charge in [-0.15, -0.1) is 0 Å². The van der Waals surface area contributed by atoms with Gasteiger partial charge in [0.05, 0.1) is 18.0 Å². The number of aromatic nitrogens is 2. The molecule has 0 fully saturated rings. The molecule has 0 aliphatic rings. The molecule has 0 atom stereocenters. The van der Waals surface area contributed by atoms with E-state index in [2.05, 4.69) is 9.97 Å². The number of fused-ring (bicyclic) bond motifs is 1. The fraction of sp³-hybridized carbons (Fsp3) is 0.300. The molecule has 0 bridgehead atoms. The van der Waals surface area contributed by atoms with Crippen molar-refractivity contribution in [3.05, 3.63) is 24.0 Å². The molecule has 2 aromatic rings. The zero-order chi connectivity index (χ0) is 9.97. The van der Waals surface area contributed by atoms with Gasteiger partial charge in [-0.1, -0.05) is 0 Å². The monoisotopic (exact) mass is 191 g/mol. The predicted molar refractivity (Wildman–Crippen MR) is 55.4 cm³/mol. The average molecular weight is 191 g/mol. The van der Waals surface area contributed by atoms with Gasteiger partial charge in [0.15, 0.2) is 0 Å². The first-order valence-corrected chi connectivity index (χ1v) is 4.56. The largest absolute Gasteiger partial charge is 0.480 e. The van der Waals surface area contributed by atoms with Crippen LogP contribution in [0.3, 0.4) is 0 Å². The van der Waals surface area contributed by atoms with Crippen LogP contribution < -0.4 is 10.5 Å². The number of nitrogens with one attached hydrogen (secondary N) is 1. The van der Waals surface area contributed by atoms with E-state index in [9.17, 15) is 0 Å². The van der Waals surface area contributed by atoms with Gasteiger partial charge in [-0.25, -0.2) is 4.98 Å². The summed E-state index contributed by atoms with van der Waals surface area (Å²) in [5.74, 6) is 0.659. The van der Waals surface area contributed by atoms with Gasteiger partial charge in [0.2, 0.25) is 5.88 Å². The summed E-state index contributed by atoms with van der Waals surface area (Å²) in [4.78, 5) is 7.33. The Kier molecular flexibility index (Phi) is 2.37. The molecule has 0 spiro atoms. The highest BCUT2D eigenvalue weighted by Gasteiger charge is 2.08. The Bertz CT molecular complexity index is 436. The Hall–Kier alpha value is -1.55. The van der Waals surface area contributed by atoms with Crippen LogP contribution in [0.1, 0.15) is 5.56 Å². The van der Waals surface area contributed by atoms with Crippen LogP contribution in [0.2, 0.25) is 0 Å². The summed E-state index contributed by atoms with van der Waals surface area (Å²) in [6.45, 7) is 0.630. The zero-order valence-electron chi connectivity index (χ0n) is 8.08. The quantitative estimate of drug-likeness (QED) is 0.762. The van der Waals surface area contributed by atoms with Gasteiger partial charge < -0.3 is 15.5 Å². The lowest BCUT2D eigenvalue weighted by atomic mass is 10.1. The topological polar surface area (TPSA) is 63.9 Å². The lowest BCUT2D eigenvalue weighted by Gasteiger charge is -2.02. The van der Waals surface area contributed by atoms with E-state index in [1.165, 1.54) is 0 Å². The highest BCUT2D eigenvalue weighted by atomic mass is 16.5. The highest BCUT2D eigenvalue weighted by molar-refractivity contribution is 5.87. The van der Waals surface area contributed by atoms with Gasteiger partial charge >= 0.3 is 0 Å². The maximum atomic E-state index is 5.53. The number of methoxy groups -OCH3 is 1. The van der Waals surface area contributed by atoms with E-state index in [1.54, 1.807) is 13.3 Å². The third-order valence-electron chi connectivity index (χ3n) is 2.25. The average Bonchev–Trinajstić information content (AvgIpc) is 2.62. The summed E-state index contributed by atoms with van der Waals surface area (Å²) in [7, 11) is 1.63. The number of hydrogen-bond acceptors (Lipinski definition) is 3. The Morgan fingerprint density at radius 1 is 1.57 bits per heavy atom. The van der Waals surface area contributed by atoms with Crippen molar-refractivity contribution >= 4 is 10.9 Å². The minimum atomic E-state index is 0.630. The Morgan fingerprint density at radius 2 is 2.43 bits per heavy atom. The zero-order valence-corrected chi connectivity index (χ0v) is 8.08. The molecule has 2 rings (SSSR count). The van der Waals surface area contributed by atoms with Crippen molar-refractivity contribution in [1.29, 1.82) is 0 Å². The van der Waals surface area contributed by atoms with Crippen LogP contribution in [0.4, 0.5) is 0 Å². The maximum Gasteiger partial charge on any atom is 0.222 e. The number of hydrogen-bond donors (Lipinski definition) is 2. The molecule has 0 aromatic carbocycles. The molecule has 0 aliphatic heterocycles. The lowest BCUT2D eigenvalue weighted by molar-refractivity contribution is 0.403. The summed E-state index contributed by atoms with van der Waals surface area (Å²) in [6, 6.07) is 1.93. The number of rotatable bonds is 3. The van der Waals surface area contributed by atoms with Crippen molar-refractivity contribution < 1.29 is 4.74 Å². The van der Waals surface area contributed by atoms with Crippen LogP contribution in [0.5, 0.6) is 5.88 Å². The molecule has 3 N–H and O–H groups in total. The van der Waals surface area contributed by atoms with E-state index in [0.717, 1.165) is 22.9 Å². The highest BCUT2D eigenvalue weighted by Crippen LogP contribution is 2.26. The minimum absolute atomic E-state index is 0.630. The van der Waals surface area contributed by atoms with Gasteiger partial charge in [-0.05, 0) is 24.6 Å². The van der Waals surface area contributed by atoms with E-state index in [4.69, 9.17) is 10.5 Å². The summed E-state index contributed by atoms with van der Waals surface area (Å²) in [5, 5.41) is 1.04. The molecule has 0 saturated carbocycles. The second kappa shape index (κ2) is 3.67. The summed E-state index contributed by atoms with van der Waals surface area (Å²) in [6.07, 6.45) is 4.52. The molecule has 4 nitrogen and oxygen atoms in total. The molecular weight excluding hydrogens is 178 g/mol. The Balaban J connectivity index is 2.62. The van der Waals surface area contributed by atoms with Gasteiger partial charge in [-0.3, -0.25) is 0 Å². The van der Waals surface area contributed by atoms with Gasteiger partial charge in [-0.2, -0.15) is 0 Å². The van der Waals surface area contributed by atoms with Crippen molar-refractivity contribution in [2.45, 2.75) is 6.42 Å². The van der Waals surface area contributed by atoms with E-state index < -0.39 is 0 Å². The van der Waals surface area contributed by atoms with E-state index in [1.807, 2.05) is 12.3 Å². The first-order valence-electron chi connectivity index (χ1n) is 4.56. The summed E-state index contributed by atoms with van der Waals surface area (Å²) >= 11 is 0. The van der Waals surface area contributed by atoms with Crippen LogP contribution in [0, 0.1) is 0 Å². The normalized spacial score (nSPS) is 10.7. The van der Waals surface area contributed by atoms with Crippen molar-refractivity contribution in [2.24, 2.45) is 5.73 Å². The number of H-pyrrole nitrogens is 1. The van der Waals surface area contributed by atoms with Crippen LogP contribution in [-0.2, 0) is 6.42 Å². The number of pyridine rings is 1. The van der Waals surface area contributed by atoms with Crippen LogP contribution in [0.25, 0.3) is 10.9 Å². The minimum Gasteiger partial charge on any atom is -0.480 e. The van der Waals surface area contributed by atoms with Crippen molar-refractivity contribution in [1.82, 2.24) is 9.97 Å². The molecule has 0 unspecified atom stereocenters. The molecule has 14 heavy (non-hydrogen) atoms. The molecule has 0 radical (unpaired) electrons. The lowest BCUT2D eigenvalue weighted by Crippen LogP contribution is -2.02. The fourth-order valence-corrected chi connectivity index (χ4v) is 1.62. The van der Waals surface area contributed by atoms with E-state index in [-0.39, 0.29) is 0 Å². The third-order valence-corrected chi connectivity index (χ3v) is 2.25. The number of nitrogens with zero attached hydrogens (tertiary/aromatic N) is 1. The maximum absolute atomic E-state index is 5.53. The molecule has 2 heterocycles. The molecule has 0 amide bonds. The number of ether oxygens (including phenoxy) is 1. The van der Waals surface area contributed by atoms with Crippen molar-refractivity contribution in [3.8, 4) is 5.88 Å². The Morgan fingerprint density at radius 3 is 3.14 bits per heavy atom. The Labute approximate surface area is 82.1 Å². The standard InChI is InChI=1S/C10H13N3O/c1-14-10-9-7(2-4-11)6-13-8(9)3-5-12-10/h3,5-6,13H,2,4,11H2,1H3. The number of nitrogens with two attached hydrogens (primary N) is 1. The van der Waals surface area contributed by atoms with Crippen molar-refractivity contribution in [2.75, 3.05) is 13.7 Å². The molecule has 2 aromatic heterocycles. The van der Waals surface area contributed by atoms with E-state index >= 15 is 0 Å². The summed E-state index contributed by atoms with van der Waals surface area (Å²) < 4.78 is 5.20. The molecule has 0 saturated heterocycles. The van der Waals surface area contributed by atoms with Crippen molar-refractivity contribution in [3.63, 3.8) is 0 Å². The predicted octanol–water partition coefficient (Wildman–Crippen LogP) is 1.07. The summed E-state index contributed by atoms with van der Waals surface area (Å²) in [5.41, 5.74) is 7.73. The van der Waals surface area contributed by atoms with Crippen LogP contribution in [0.15, 0.2) is 18.5 Å². The molecule has 0 aliphatic carbocycles. The third kappa shape index (κ3) is 1.33. The number of aromatic amines is 1. The second-order valence-electron chi connectivity index (χ2n) is 3.10. The first kappa shape index (κ1) is 9.02. The van der Waals surface area contributed by atoms with Crippen LogP contribution in [-0.4, -0.2) is 23.6 Å². The van der Waals surface area contributed by atoms with E-state index in [0.29, 0.717) is 12.4 Å².